The Bertz CT molecular complexity index is 460. The van der Waals surface area contributed by atoms with Gasteiger partial charge in [0.05, 0.1) is 12.1 Å². The maximum Gasteiger partial charge on any atom is 0.0723 e. The minimum absolute atomic E-state index is 0.577. The molecule has 0 bridgehead atoms. The molecule has 0 radical (unpaired) electrons. The molecule has 2 rings (SSSR count). The van der Waals surface area contributed by atoms with Crippen LogP contribution in [0.3, 0.4) is 0 Å². The summed E-state index contributed by atoms with van der Waals surface area (Å²) in [6, 6.07) is 10.2. The van der Waals surface area contributed by atoms with Crippen LogP contribution in [0, 0.1) is 5.92 Å². The smallest absolute Gasteiger partial charge is 0.0723 e. The first kappa shape index (κ1) is 11.1. The molecule has 1 aromatic carbocycles. The van der Waals surface area contributed by atoms with Crippen LogP contribution in [0.4, 0.5) is 0 Å². The standard InChI is InChI=1S/C14H17NO/c1-11(2)9-16-10-12-5-3-7-14-13(12)6-4-8-15-14/h3-8,11H,9-10H2,1-2H3. The molecule has 16 heavy (non-hydrogen) atoms. The number of rotatable bonds is 4. The lowest BCUT2D eigenvalue weighted by molar-refractivity contribution is 0.0978. The second-order valence-corrected chi connectivity index (χ2v) is 4.40. The minimum atomic E-state index is 0.577. The van der Waals surface area contributed by atoms with Crippen molar-refractivity contribution in [1.82, 2.24) is 4.98 Å². The lowest BCUT2D eigenvalue weighted by Gasteiger charge is -2.08. The monoisotopic (exact) mass is 215 g/mol. The van der Waals surface area contributed by atoms with E-state index in [-0.39, 0.29) is 0 Å². The lowest BCUT2D eigenvalue weighted by atomic mass is 10.1. The Morgan fingerprint density at radius 2 is 2.06 bits per heavy atom. The Labute approximate surface area is 96.3 Å². The average molecular weight is 215 g/mol. The van der Waals surface area contributed by atoms with Crippen LogP contribution >= 0.6 is 0 Å². The van der Waals surface area contributed by atoms with Crippen molar-refractivity contribution in [3.05, 3.63) is 42.1 Å². The van der Waals surface area contributed by atoms with E-state index in [0.29, 0.717) is 12.5 Å². The van der Waals surface area contributed by atoms with Crippen molar-refractivity contribution in [2.75, 3.05) is 6.61 Å². The fraction of sp³-hybridized carbons (Fsp3) is 0.357. The number of fused-ring (bicyclic) bond motifs is 1. The van der Waals surface area contributed by atoms with Crippen LogP contribution in [-0.2, 0) is 11.3 Å². The summed E-state index contributed by atoms with van der Waals surface area (Å²) < 4.78 is 5.66. The minimum Gasteiger partial charge on any atom is -0.376 e. The second-order valence-electron chi connectivity index (χ2n) is 4.40. The first-order valence-corrected chi connectivity index (χ1v) is 5.68. The van der Waals surface area contributed by atoms with E-state index in [0.717, 1.165) is 12.1 Å². The Kier molecular flexibility index (Phi) is 3.52. The van der Waals surface area contributed by atoms with Crippen LogP contribution in [0.2, 0.25) is 0 Å². The van der Waals surface area contributed by atoms with E-state index in [2.05, 4.69) is 31.0 Å². The molecule has 0 saturated heterocycles. The van der Waals surface area contributed by atoms with Crippen molar-refractivity contribution in [2.45, 2.75) is 20.5 Å². The van der Waals surface area contributed by atoms with E-state index in [1.54, 1.807) is 0 Å². The van der Waals surface area contributed by atoms with Gasteiger partial charge in [-0.2, -0.15) is 0 Å². The van der Waals surface area contributed by atoms with Gasteiger partial charge in [-0.25, -0.2) is 0 Å². The molecule has 0 saturated carbocycles. The molecule has 2 aromatic rings. The largest absolute Gasteiger partial charge is 0.376 e. The fourth-order valence-electron chi connectivity index (χ4n) is 1.70. The van der Waals surface area contributed by atoms with Gasteiger partial charge in [0.15, 0.2) is 0 Å². The number of hydrogen-bond donors (Lipinski definition) is 0. The van der Waals surface area contributed by atoms with Crippen molar-refractivity contribution in [3.8, 4) is 0 Å². The maximum atomic E-state index is 5.66. The molecule has 0 N–H and O–H groups in total. The van der Waals surface area contributed by atoms with Gasteiger partial charge in [0.2, 0.25) is 0 Å². The number of pyridine rings is 1. The van der Waals surface area contributed by atoms with Gasteiger partial charge in [-0.15, -0.1) is 0 Å². The zero-order valence-electron chi connectivity index (χ0n) is 9.81. The molecular weight excluding hydrogens is 198 g/mol. The Morgan fingerprint density at radius 3 is 2.88 bits per heavy atom. The predicted molar refractivity (Wildman–Crippen MR) is 66.2 cm³/mol. The van der Waals surface area contributed by atoms with Crippen LogP contribution in [-0.4, -0.2) is 11.6 Å². The molecule has 0 fully saturated rings. The summed E-state index contributed by atoms with van der Waals surface area (Å²) in [6.07, 6.45) is 1.82. The number of ether oxygens (including phenoxy) is 1. The molecule has 0 aliphatic rings. The van der Waals surface area contributed by atoms with Gasteiger partial charge in [0.1, 0.15) is 0 Å². The van der Waals surface area contributed by atoms with Crippen molar-refractivity contribution < 1.29 is 4.74 Å². The van der Waals surface area contributed by atoms with Crippen molar-refractivity contribution in [2.24, 2.45) is 5.92 Å². The molecule has 0 atom stereocenters. The number of benzene rings is 1. The van der Waals surface area contributed by atoms with E-state index in [9.17, 15) is 0 Å². The van der Waals surface area contributed by atoms with E-state index >= 15 is 0 Å². The summed E-state index contributed by atoms with van der Waals surface area (Å²) in [5, 5.41) is 1.19. The van der Waals surface area contributed by atoms with Crippen molar-refractivity contribution in [3.63, 3.8) is 0 Å². The molecule has 84 valence electrons. The predicted octanol–water partition coefficient (Wildman–Crippen LogP) is 3.41. The van der Waals surface area contributed by atoms with Crippen LogP contribution in [0.1, 0.15) is 19.4 Å². The molecule has 2 heteroatoms. The summed E-state index contributed by atoms with van der Waals surface area (Å²) in [5.41, 5.74) is 2.25. The molecule has 0 spiro atoms. The highest BCUT2D eigenvalue weighted by Gasteiger charge is 2.01. The Morgan fingerprint density at radius 1 is 1.19 bits per heavy atom. The third kappa shape index (κ3) is 2.58. The SMILES string of the molecule is CC(C)COCc1cccc2ncccc12. The highest BCUT2D eigenvalue weighted by molar-refractivity contribution is 5.81. The summed E-state index contributed by atoms with van der Waals surface area (Å²) in [7, 11) is 0. The number of aromatic nitrogens is 1. The van der Waals surface area contributed by atoms with Crippen LogP contribution in [0.25, 0.3) is 10.9 Å². The number of nitrogens with zero attached hydrogens (tertiary/aromatic N) is 1. The summed E-state index contributed by atoms with van der Waals surface area (Å²) >= 11 is 0. The zero-order valence-corrected chi connectivity index (χ0v) is 9.81. The molecular formula is C14H17NO. The van der Waals surface area contributed by atoms with Gasteiger partial charge >= 0.3 is 0 Å². The van der Waals surface area contributed by atoms with E-state index in [1.165, 1.54) is 10.9 Å². The normalized spacial score (nSPS) is 11.2. The Balaban J connectivity index is 2.17. The van der Waals surface area contributed by atoms with Gasteiger partial charge in [-0.05, 0) is 23.6 Å². The third-order valence-electron chi connectivity index (χ3n) is 2.44. The van der Waals surface area contributed by atoms with E-state index < -0.39 is 0 Å². The second kappa shape index (κ2) is 5.08. The van der Waals surface area contributed by atoms with Crippen LogP contribution in [0.5, 0.6) is 0 Å². The molecule has 2 nitrogen and oxygen atoms in total. The highest BCUT2D eigenvalue weighted by Crippen LogP contribution is 2.17. The fourth-order valence-corrected chi connectivity index (χ4v) is 1.70. The highest BCUT2D eigenvalue weighted by atomic mass is 16.5. The maximum absolute atomic E-state index is 5.66. The molecule has 1 aromatic heterocycles. The van der Waals surface area contributed by atoms with E-state index in [4.69, 9.17) is 4.74 Å². The topological polar surface area (TPSA) is 22.1 Å². The lowest BCUT2D eigenvalue weighted by Crippen LogP contribution is -2.02. The molecule has 1 heterocycles. The van der Waals surface area contributed by atoms with E-state index in [1.807, 2.05) is 24.4 Å². The van der Waals surface area contributed by atoms with Gasteiger partial charge in [0, 0.05) is 18.2 Å². The van der Waals surface area contributed by atoms with Gasteiger partial charge in [-0.3, -0.25) is 4.98 Å². The Hall–Kier alpha value is -1.41. The molecule has 0 unspecified atom stereocenters. The first-order chi connectivity index (χ1) is 7.77. The molecule has 0 amide bonds. The first-order valence-electron chi connectivity index (χ1n) is 5.68. The van der Waals surface area contributed by atoms with Gasteiger partial charge < -0.3 is 4.74 Å². The summed E-state index contributed by atoms with van der Waals surface area (Å²) in [4.78, 5) is 4.33. The zero-order chi connectivity index (χ0) is 11.4. The third-order valence-corrected chi connectivity index (χ3v) is 2.44. The molecule has 0 aliphatic carbocycles. The van der Waals surface area contributed by atoms with Crippen molar-refractivity contribution in [1.29, 1.82) is 0 Å². The van der Waals surface area contributed by atoms with Gasteiger partial charge in [0.25, 0.3) is 0 Å². The van der Waals surface area contributed by atoms with Gasteiger partial charge in [-0.1, -0.05) is 32.0 Å². The van der Waals surface area contributed by atoms with Crippen LogP contribution in [0.15, 0.2) is 36.5 Å². The molecule has 0 aliphatic heterocycles. The number of hydrogen-bond acceptors (Lipinski definition) is 2. The average Bonchev–Trinajstić information content (AvgIpc) is 2.29. The summed E-state index contributed by atoms with van der Waals surface area (Å²) in [6.45, 7) is 5.78. The summed E-state index contributed by atoms with van der Waals surface area (Å²) in [5.74, 6) is 0.577. The van der Waals surface area contributed by atoms with Crippen molar-refractivity contribution >= 4 is 10.9 Å². The quantitative estimate of drug-likeness (QED) is 0.779. The van der Waals surface area contributed by atoms with Crippen LogP contribution < -0.4 is 0 Å².